The van der Waals surface area contributed by atoms with Gasteiger partial charge in [0.25, 0.3) is 5.91 Å². The molecular formula is C19H28N4O. The first-order valence-electron chi connectivity index (χ1n) is 8.66. The van der Waals surface area contributed by atoms with Crippen LogP contribution in [0.2, 0.25) is 0 Å². The summed E-state index contributed by atoms with van der Waals surface area (Å²) in [5.74, 6) is -0.0434. The third kappa shape index (κ3) is 4.45. The number of carbonyl (C=O) groups is 1. The molecule has 5 nitrogen and oxygen atoms in total. The Bertz CT molecular complexity index is 673. The predicted octanol–water partition coefficient (Wildman–Crippen LogP) is 2.58. The summed E-state index contributed by atoms with van der Waals surface area (Å²) >= 11 is 0. The summed E-state index contributed by atoms with van der Waals surface area (Å²) in [7, 11) is 0. The van der Waals surface area contributed by atoms with E-state index in [0.717, 1.165) is 31.5 Å². The lowest BCUT2D eigenvalue weighted by Crippen LogP contribution is -2.25. The van der Waals surface area contributed by atoms with Gasteiger partial charge in [-0.15, -0.1) is 0 Å². The lowest BCUT2D eigenvalue weighted by atomic mass is 10.0. The highest BCUT2D eigenvalue weighted by Gasteiger charge is 2.12. The third-order valence-electron chi connectivity index (χ3n) is 4.23. The van der Waals surface area contributed by atoms with Crippen molar-refractivity contribution in [1.82, 2.24) is 15.1 Å². The highest BCUT2D eigenvalue weighted by Crippen LogP contribution is 2.18. The fourth-order valence-corrected chi connectivity index (χ4v) is 2.80. The molecule has 0 saturated heterocycles. The molecular weight excluding hydrogens is 300 g/mol. The summed E-state index contributed by atoms with van der Waals surface area (Å²) in [5, 5.41) is 7.50. The molecule has 1 heterocycles. The van der Waals surface area contributed by atoms with Crippen molar-refractivity contribution in [2.45, 2.75) is 46.6 Å². The number of aromatic nitrogens is 2. The van der Waals surface area contributed by atoms with Crippen molar-refractivity contribution in [2.75, 3.05) is 13.1 Å². The number of hydrogen-bond acceptors (Lipinski definition) is 3. The standard InChI is InChI=1S/C19H28N4O/c1-4-12-23-15(3)18(14(2)22-23)13-16-6-8-17(9-7-16)19(24)21-11-5-10-20/h6-9H,4-5,10-13,20H2,1-3H3,(H,21,24). The van der Waals surface area contributed by atoms with Crippen LogP contribution in [0.4, 0.5) is 0 Å². The van der Waals surface area contributed by atoms with Gasteiger partial charge in [0.05, 0.1) is 5.69 Å². The van der Waals surface area contributed by atoms with Gasteiger partial charge < -0.3 is 11.1 Å². The minimum Gasteiger partial charge on any atom is -0.352 e. The Labute approximate surface area is 144 Å². The van der Waals surface area contributed by atoms with Crippen LogP contribution in [0.3, 0.4) is 0 Å². The van der Waals surface area contributed by atoms with Gasteiger partial charge in [0.1, 0.15) is 0 Å². The molecule has 0 aliphatic heterocycles. The lowest BCUT2D eigenvalue weighted by Gasteiger charge is -2.07. The molecule has 1 amide bonds. The van der Waals surface area contributed by atoms with E-state index in [1.54, 1.807) is 0 Å². The molecule has 0 radical (unpaired) electrons. The van der Waals surface area contributed by atoms with Crippen molar-refractivity contribution in [3.63, 3.8) is 0 Å². The van der Waals surface area contributed by atoms with Crippen LogP contribution in [0, 0.1) is 13.8 Å². The van der Waals surface area contributed by atoms with Crippen LogP contribution in [-0.4, -0.2) is 28.8 Å². The van der Waals surface area contributed by atoms with E-state index in [2.05, 4.69) is 35.9 Å². The molecule has 0 unspecified atom stereocenters. The van der Waals surface area contributed by atoms with Gasteiger partial charge in [-0.2, -0.15) is 5.10 Å². The zero-order chi connectivity index (χ0) is 17.5. The van der Waals surface area contributed by atoms with E-state index < -0.39 is 0 Å². The monoisotopic (exact) mass is 328 g/mol. The van der Waals surface area contributed by atoms with Gasteiger partial charge >= 0.3 is 0 Å². The molecule has 0 aliphatic carbocycles. The molecule has 24 heavy (non-hydrogen) atoms. The quantitative estimate of drug-likeness (QED) is 0.732. The van der Waals surface area contributed by atoms with Crippen molar-refractivity contribution in [2.24, 2.45) is 5.73 Å². The van der Waals surface area contributed by atoms with E-state index in [9.17, 15) is 4.79 Å². The molecule has 3 N–H and O–H groups in total. The number of carbonyl (C=O) groups excluding carboxylic acids is 1. The van der Waals surface area contributed by atoms with Crippen molar-refractivity contribution in [3.05, 3.63) is 52.3 Å². The van der Waals surface area contributed by atoms with Crippen molar-refractivity contribution >= 4 is 5.91 Å². The zero-order valence-electron chi connectivity index (χ0n) is 14.9. The van der Waals surface area contributed by atoms with E-state index in [1.807, 2.05) is 24.3 Å². The number of hydrogen-bond donors (Lipinski definition) is 2. The molecule has 1 aromatic heterocycles. The summed E-state index contributed by atoms with van der Waals surface area (Å²) in [6.45, 7) is 8.51. The summed E-state index contributed by atoms with van der Waals surface area (Å²) in [6.07, 6.45) is 2.72. The fourth-order valence-electron chi connectivity index (χ4n) is 2.80. The van der Waals surface area contributed by atoms with Gasteiger partial charge in [0, 0.05) is 36.3 Å². The number of aryl methyl sites for hydroxylation is 2. The number of amides is 1. The third-order valence-corrected chi connectivity index (χ3v) is 4.23. The Morgan fingerprint density at radius 3 is 2.58 bits per heavy atom. The van der Waals surface area contributed by atoms with Gasteiger partial charge in [0.15, 0.2) is 0 Å². The van der Waals surface area contributed by atoms with Gasteiger partial charge in [0.2, 0.25) is 0 Å². The first kappa shape index (κ1) is 18.2. The number of rotatable bonds is 8. The second-order valence-corrected chi connectivity index (χ2v) is 6.14. The maximum Gasteiger partial charge on any atom is 0.251 e. The number of nitrogens with one attached hydrogen (secondary N) is 1. The smallest absolute Gasteiger partial charge is 0.251 e. The Hall–Kier alpha value is -2.14. The molecule has 5 heteroatoms. The number of nitrogens with zero attached hydrogens (tertiary/aromatic N) is 2. The molecule has 1 aromatic carbocycles. The van der Waals surface area contributed by atoms with Crippen LogP contribution >= 0.6 is 0 Å². The van der Waals surface area contributed by atoms with Gasteiger partial charge in [-0.1, -0.05) is 19.1 Å². The molecule has 0 bridgehead atoms. The Morgan fingerprint density at radius 1 is 1.25 bits per heavy atom. The highest BCUT2D eigenvalue weighted by molar-refractivity contribution is 5.94. The van der Waals surface area contributed by atoms with Gasteiger partial charge in [-0.05, 0) is 50.9 Å². The zero-order valence-corrected chi connectivity index (χ0v) is 14.9. The maximum absolute atomic E-state index is 12.0. The minimum absolute atomic E-state index is 0.0434. The van der Waals surface area contributed by atoms with Crippen LogP contribution in [0.1, 0.15) is 52.6 Å². The molecule has 0 fully saturated rings. The second kappa shape index (κ2) is 8.64. The normalized spacial score (nSPS) is 10.8. The maximum atomic E-state index is 12.0. The van der Waals surface area contributed by atoms with Crippen LogP contribution in [0.15, 0.2) is 24.3 Å². The molecule has 2 aromatic rings. The fraction of sp³-hybridized carbons (Fsp3) is 0.474. The average Bonchev–Trinajstić information content (AvgIpc) is 2.83. The van der Waals surface area contributed by atoms with Gasteiger partial charge in [-0.3, -0.25) is 9.48 Å². The van der Waals surface area contributed by atoms with Crippen molar-refractivity contribution in [3.8, 4) is 0 Å². The highest BCUT2D eigenvalue weighted by atomic mass is 16.1. The molecule has 0 aliphatic rings. The largest absolute Gasteiger partial charge is 0.352 e. The Morgan fingerprint density at radius 2 is 1.96 bits per heavy atom. The summed E-state index contributed by atoms with van der Waals surface area (Å²) < 4.78 is 2.09. The SMILES string of the molecule is CCCn1nc(C)c(Cc2ccc(C(=O)NCCCN)cc2)c1C. The minimum atomic E-state index is -0.0434. The molecule has 0 atom stereocenters. The predicted molar refractivity (Wildman–Crippen MR) is 97.2 cm³/mol. The van der Waals surface area contributed by atoms with Crippen LogP contribution in [-0.2, 0) is 13.0 Å². The second-order valence-electron chi connectivity index (χ2n) is 6.14. The molecule has 130 valence electrons. The molecule has 2 rings (SSSR count). The van der Waals surface area contributed by atoms with E-state index in [0.29, 0.717) is 18.7 Å². The topological polar surface area (TPSA) is 72.9 Å². The Kier molecular flexibility index (Phi) is 6.55. The van der Waals surface area contributed by atoms with E-state index in [-0.39, 0.29) is 5.91 Å². The number of nitrogens with two attached hydrogens (primary N) is 1. The lowest BCUT2D eigenvalue weighted by molar-refractivity contribution is 0.0953. The first-order chi connectivity index (χ1) is 11.6. The van der Waals surface area contributed by atoms with Gasteiger partial charge in [-0.25, -0.2) is 0 Å². The van der Waals surface area contributed by atoms with Crippen LogP contribution < -0.4 is 11.1 Å². The van der Waals surface area contributed by atoms with Crippen molar-refractivity contribution < 1.29 is 4.79 Å². The summed E-state index contributed by atoms with van der Waals surface area (Å²) in [5.41, 5.74) is 10.9. The van der Waals surface area contributed by atoms with Crippen LogP contribution in [0.25, 0.3) is 0 Å². The average molecular weight is 328 g/mol. The first-order valence-corrected chi connectivity index (χ1v) is 8.66. The summed E-state index contributed by atoms with van der Waals surface area (Å²) in [6, 6.07) is 7.81. The number of benzene rings is 1. The molecule has 0 spiro atoms. The van der Waals surface area contributed by atoms with Crippen LogP contribution in [0.5, 0.6) is 0 Å². The Balaban J connectivity index is 2.05. The molecule has 0 saturated carbocycles. The summed E-state index contributed by atoms with van der Waals surface area (Å²) in [4.78, 5) is 12.0. The van der Waals surface area contributed by atoms with E-state index >= 15 is 0 Å². The van der Waals surface area contributed by atoms with E-state index in [4.69, 9.17) is 5.73 Å². The van der Waals surface area contributed by atoms with Crippen molar-refractivity contribution in [1.29, 1.82) is 0 Å². The van der Waals surface area contributed by atoms with E-state index in [1.165, 1.54) is 16.8 Å².